The number of sulfonamides is 1. The molecule has 1 aliphatic rings. The van der Waals surface area contributed by atoms with Gasteiger partial charge in [-0.15, -0.1) is 11.3 Å². The predicted molar refractivity (Wildman–Crippen MR) is 68.4 cm³/mol. The quantitative estimate of drug-likeness (QED) is 0.895. The maximum absolute atomic E-state index is 12.2. The minimum Gasteiger partial charge on any atom is -0.314 e. The van der Waals surface area contributed by atoms with Crippen LogP contribution in [0.4, 0.5) is 0 Å². The summed E-state index contributed by atoms with van der Waals surface area (Å²) in [5, 5.41) is 3.14. The highest BCUT2D eigenvalue weighted by atomic mass is 79.9. The highest BCUT2D eigenvalue weighted by molar-refractivity contribution is 9.11. The lowest BCUT2D eigenvalue weighted by Crippen LogP contribution is -2.46. The van der Waals surface area contributed by atoms with E-state index < -0.39 is 10.0 Å². The molecular weight excluding hydrogens is 312 g/mol. The number of hydrogen-bond acceptors (Lipinski definition) is 4. The van der Waals surface area contributed by atoms with Crippen LogP contribution in [-0.4, -0.2) is 38.9 Å². The fourth-order valence-corrected chi connectivity index (χ4v) is 5.39. The largest absolute Gasteiger partial charge is 0.314 e. The smallest absolute Gasteiger partial charge is 0.252 e. The third-order valence-electron chi connectivity index (χ3n) is 2.50. The molecule has 0 radical (unpaired) electrons. The summed E-state index contributed by atoms with van der Waals surface area (Å²) < 4.78 is 27.3. The Bertz CT molecular complexity index is 458. The molecule has 0 aliphatic carbocycles. The molecule has 1 aliphatic heterocycles. The fraction of sp³-hybridized carbons (Fsp3) is 0.556. The zero-order valence-electron chi connectivity index (χ0n) is 8.86. The van der Waals surface area contributed by atoms with Gasteiger partial charge in [-0.3, -0.25) is 0 Å². The predicted octanol–water partition coefficient (Wildman–Crippen LogP) is 1.41. The lowest BCUT2D eigenvalue weighted by atomic mass is 10.4. The molecule has 4 nitrogen and oxygen atoms in total. The molecule has 0 saturated carbocycles. The van der Waals surface area contributed by atoms with Gasteiger partial charge in [-0.25, -0.2) is 8.42 Å². The Balaban J connectivity index is 2.30. The van der Waals surface area contributed by atoms with Crippen LogP contribution in [-0.2, 0) is 10.0 Å². The van der Waals surface area contributed by atoms with Gasteiger partial charge in [-0.2, -0.15) is 4.31 Å². The third kappa shape index (κ3) is 2.33. The molecule has 0 unspecified atom stereocenters. The van der Waals surface area contributed by atoms with Gasteiger partial charge in [0.15, 0.2) is 0 Å². The molecule has 7 heteroatoms. The Kier molecular flexibility index (Phi) is 3.70. The number of rotatable bonds is 2. The molecule has 16 heavy (non-hydrogen) atoms. The Morgan fingerprint density at radius 2 is 2.06 bits per heavy atom. The molecule has 1 aromatic rings. The van der Waals surface area contributed by atoms with Gasteiger partial charge in [-0.1, -0.05) is 0 Å². The van der Waals surface area contributed by atoms with Crippen LogP contribution in [0.3, 0.4) is 0 Å². The first-order valence-corrected chi connectivity index (χ1v) is 8.03. The highest BCUT2D eigenvalue weighted by Gasteiger charge is 2.27. The summed E-state index contributed by atoms with van der Waals surface area (Å²) in [5.74, 6) is 0. The van der Waals surface area contributed by atoms with Gasteiger partial charge in [0.25, 0.3) is 10.0 Å². The van der Waals surface area contributed by atoms with Crippen LogP contribution in [0, 0.1) is 6.92 Å². The van der Waals surface area contributed by atoms with E-state index in [1.54, 1.807) is 10.4 Å². The first-order valence-electron chi connectivity index (χ1n) is 4.98. The standard InChI is InChI=1S/C9H13BrN2O2S2/c1-7-6-8(15-9(7)10)16(13,14)12-4-2-11-3-5-12/h6,11H,2-5H2,1H3. The van der Waals surface area contributed by atoms with E-state index in [9.17, 15) is 8.42 Å². The molecule has 0 aromatic carbocycles. The van der Waals surface area contributed by atoms with Crippen molar-refractivity contribution in [2.24, 2.45) is 0 Å². The average molecular weight is 325 g/mol. The first kappa shape index (κ1) is 12.5. The molecule has 0 amide bonds. The molecule has 0 bridgehead atoms. The number of halogens is 1. The minimum absolute atomic E-state index is 0.429. The normalized spacial score (nSPS) is 18.9. The summed E-state index contributed by atoms with van der Waals surface area (Å²) in [6, 6.07) is 1.73. The average Bonchev–Trinajstić information content (AvgIpc) is 2.61. The summed E-state index contributed by atoms with van der Waals surface area (Å²) in [6.07, 6.45) is 0. The van der Waals surface area contributed by atoms with E-state index >= 15 is 0 Å². The monoisotopic (exact) mass is 324 g/mol. The van der Waals surface area contributed by atoms with Crippen LogP contribution in [0.1, 0.15) is 5.56 Å². The first-order chi connectivity index (χ1) is 7.51. The van der Waals surface area contributed by atoms with E-state index in [1.165, 1.54) is 11.3 Å². The second kappa shape index (κ2) is 4.73. The third-order valence-corrected chi connectivity index (χ3v) is 6.99. The van der Waals surface area contributed by atoms with E-state index in [2.05, 4.69) is 21.2 Å². The number of thiophene rings is 1. The highest BCUT2D eigenvalue weighted by Crippen LogP contribution is 2.32. The molecule has 2 rings (SSSR count). The molecule has 1 saturated heterocycles. The van der Waals surface area contributed by atoms with Gasteiger partial charge in [0, 0.05) is 26.2 Å². The summed E-state index contributed by atoms with van der Waals surface area (Å²) in [6.45, 7) is 4.46. The second-order valence-electron chi connectivity index (χ2n) is 3.68. The molecule has 1 aromatic heterocycles. The van der Waals surface area contributed by atoms with E-state index in [0.29, 0.717) is 17.3 Å². The number of hydrogen-bond donors (Lipinski definition) is 1. The maximum atomic E-state index is 12.2. The van der Waals surface area contributed by atoms with Gasteiger partial charge < -0.3 is 5.32 Å². The summed E-state index contributed by atoms with van der Waals surface area (Å²) >= 11 is 4.64. The Labute approximate surface area is 108 Å². The zero-order chi connectivity index (χ0) is 11.8. The molecule has 2 heterocycles. The van der Waals surface area contributed by atoms with Crippen molar-refractivity contribution < 1.29 is 8.42 Å². The fourth-order valence-electron chi connectivity index (χ4n) is 1.57. The van der Waals surface area contributed by atoms with Crippen molar-refractivity contribution >= 4 is 37.3 Å². The van der Waals surface area contributed by atoms with Crippen molar-refractivity contribution in [2.45, 2.75) is 11.1 Å². The van der Waals surface area contributed by atoms with Crippen LogP contribution in [0.2, 0.25) is 0 Å². The summed E-state index contributed by atoms with van der Waals surface area (Å²) in [5.41, 5.74) is 0.971. The lowest BCUT2D eigenvalue weighted by Gasteiger charge is -2.25. The Morgan fingerprint density at radius 1 is 1.44 bits per heavy atom. The van der Waals surface area contributed by atoms with E-state index in [0.717, 1.165) is 22.4 Å². The van der Waals surface area contributed by atoms with Crippen molar-refractivity contribution in [1.29, 1.82) is 0 Å². The molecular formula is C9H13BrN2O2S2. The van der Waals surface area contributed by atoms with Crippen molar-refractivity contribution in [1.82, 2.24) is 9.62 Å². The second-order valence-corrected chi connectivity index (χ2v) is 8.21. The van der Waals surface area contributed by atoms with Crippen LogP contribution in [0.5, 0.6) is 0 Å². The number of aryl methyl sites for hydroxylation is 1. The van der Waals surface area contributed by atoms with E-state index in [1.807, 2.05) is 6.92 Å². The van der Waals surface area contributed by atoms with Gasteiger partial charge in [-0.05, 0) is 34.5 Å². The van der Waals surface area contributed by atoms with Gasteiger partial charge in [0.05, 0.1) is 3.79 Å². The summed E-state index contributed by atoms with van der Waals surface area (Å²) in [4.78, 5) is 0. The molecule has 90 valence electrons. The molecule has 1 N–H and O–H groups in total. The van der Waals surface area contributed by atoms with Gasteiger partial charge in [0.2, 0.25) is 0 Å². The number of piperazine rings is 1. The molecule has 0 atom stereocenters. The van der Waals surface area contributed by atoms with E-state index in [-0.39, 0.29) is 0 Å². The van der Waals surface area contributed by atoms with Crippen molar-refractivity contribution in [2.75, 3.05) is 26.2 Å². The Hall–Kier alpha value is 0.0500. The number of nitrogens with one attached hydrogen (secondary N) is 1. The van der Waals surface area contributed by atoms with Crippen molar-refractivity contribution in [3.63, 3.8) is 0 Å². The maximum Gasteiger partial charge on any atom is 0.252 e. The van der Waals surface area contributed by atoms with Crippen LogP contribution in [0.15, 0.2) is 14.1 Å². The number of nitrogens with zero attached hydrogens (tertiary/aromatic N) is 1. The Morgan fingerprint density at radius 3 is 2.56 bits per heavy atom. The minimum atomic E-state index is -3.28. The van der Waals surface area contributed by atoms with Gasteiger partial charge in [0.1, 0.15) is 4.21 Å². The van der Waals surface area contributed by atoms with E-state index in [4.69, 9.17) is 0 Å². The van der Waals surface area contributed by atoms with Crippen molar-refractivity contribution in [3.8, 4) is 0 Å². The lowest BCUT2D eigenvalue weighted by molar-refractivity contribution is 0.361. The van der Waals surface area contributed by atoms with Crippen molar-refractivity contribution in [3.05, 3.63) is 15.4 Å². The molecule has 1 fully saturated rings. The van der Waals surface area contributed by atoms with Crippen LogP contribution in [0.25, 0.3) is 0 Å². The van der Waals surface area contributed by atoms with Gasteiger partial charge >= 0.3 is 0 Å². The van der Waals surface area contributed by atoms with Crippen LogP contribution >= 0.6 is 27.3 Å². The topological polar surface area (TPSA) is 49.4 Å². The SMILES string of the molecule is Cc1cc(S(=O)(=O)N2CCNCC2)sc1Br. The zero-order valence-corrected chi connectivity index (χ0v) is 12.1. The van der Waals surface area contributed by atoms with Crippen LogP contribution < -0.4 is 5.32 Å². The summed E-state index contributed by atoms with van der Waals surface area (Å²) in [7, 11) is -3.28. The molecule has 0 spiro atoms.